The molecule has 7 nitrogen and oxygen atoms in total. The highest BCUT2D eigenvalue weighted by Gasteiger charge is 2.20. The van der Waals surface area contributed by atoms with Crippen molar-refractivity contribution in [3.63, 3.8) is 0 Å². The molecule has 0 bridgehead atoms. The Kier molecular flexibility index (Phi) is 6.03. The summed E-state index contributed by atoms with van der Waals surface area (Å²) in [6.45, 7) is 3.66. The van der Waals surface area contributed by atoms with Crippen LogP contribution in [0.1, 0.15) is 0 Å². The monoisotopic (exact) mass is 527 g/mol. The second-order valence-corrected chi connectivity index (χ2v) is 8.98. The Hall–Kier alpha value is -2.97. The van der Waals surface area contributed by atoms with Gasteiger partial charge in [0.05, 0.1) is 24.9 Å². The second kappa shape index (κ2) is 9.11. The van der Waals surface area contributed by atoms with Gasteiger partial charge in [0.2, 0.25) is 0 Å². The van der Waals surface area contributed by atoms with Crippen molar-refractivity contribution in [1.82, 2.24) is 14.4 Å². The van der Waals surface area contributed by atoms with Crippen LogP contribution in [-0.4, -0.2) is 54.8 Å². The van der Waals surface area contributed by atoms with E-state index in [1.165, 1.54) is 0 Å². The minimum atomic E-state index is 0.517. The van der Waals surface area contributed by atoms with E-state index in [4.69, 9.17) is 26.1 Å². The first-order valence-electron chi connectivity index (χ1n) is 10.6. The van der Waals surface area contributed by atoms with E-state index in [2.05, 4.69) is 48.9 Å². The zero-order valence-electron chi connectivity index (χ0n) is 18.3. The van der Waals surface area contributed by atoms with E-state index in [-0.39, 0.29) is 0 Å². The Morgan fingerprint density at radius 1 is 0.909 bits per heavy atom. The lowest BCUT2D eigenvalue weighted by molar-refractivity contribution is 0.395. The lowest BCUT2D eigenvalue weighted by Crippen LogP contribution is -2.46. The van der Waals surface area contributed by atoms with Crippen LogP contribution in [-0.2, 0) is 0 Å². The molecule has 0 N–H and O–H groups in total. The summed E-state index contributed by atoms with van der Waals surface area (Å²) in [5, 5.41) is 0.517. The maximum absolute atomic E-state index is 6.37. The third kappa shape index (κ3) is 4.32. The van der Waals surface area contributed by atoms with Crippen molar-refractivity contribution in [2.24, 2.45) is 0 Å². The summed E-state index contributed by atoms with van der Waals surface area (Å²) in [5.74, 6) is 2.24. The summed E-state index contributed by atoms with van der Waals surface area (Å²) < 4.78 is 13.7. The molecule has 0 radical (unpaired) electrons. The van der Waals surface area contributed by atoms with E-state index in [0.29, 0.717) is 16.5 Å². The summed E-state index contributed by atoms with van der Waals surface area (Å²) in [6.07, 6.45) is 4.03. The van der Waals surface area contributed by atoms with Crippen LogP contribution in [0, 0.1) is 0 Å². The molecule has 1 aliphatic rings. The Labute approximate surface area is 205 Å². The highest BCUT2D eigenvalue weighted by molar-refractivity contribution is 9.10. The molecular formula is C24H23BrClN5O2. The number of ether oxygens (including phenoxy) is 2. The van der Waals surface area contributed by atoms with E-state index in [1.807, 2.05) is 35.0 Å². The number of pyridine rings is 2. The van der Waals surface area contributed by atoms with Crippen LogP contribution < -0.4 is 19.3 Å². The molecule has 33 heavy (non-hydrogen) atoms. The van der Waals surface area contributed by atoms with Gasteiger partial charge < -0.3 is 23.7 Å². The largest absolute Gasteiger partial charge is 0.496 e. The highest BCUT2D eigenvalue weighted by atomic mass is 79.9. The fourth-order valence-electron chi connectivity index (χ4n) is 4.13. The molecule has 1 aromatic carbocycles. The SMILES string of the molecule is COc1cc(OC)c(-c2cn3ccc(N4CCN(c5cccc(Br)n5)CC4)cc3n2)cc1Cl. The molecule has 4 aromatic rings. The maximum Gasteiger partial charge on any atom is 0.141 e. The number of fused-ring (bicyclic) bond motifs is 1. The predicted molar refractivity (Wildman–Crippen MR) is 135 cm³/mol. The smallest absolute Gasteiger partial charge is 0.141 e. The zero-order valence-corrected chi connectivity index (χ0v) is 20.7. The molecule has 1 saturated heterocycles. The quantitative estimate of drug-likeness (QED) is 0.334. The van der Waals surface area contributed by atoms with Crippen LogP contribution in [0.2, 0.25) is 5.02 Å². The standard InChI is InChI=1S/C24H23BrClN5O2/c1-32-20-14-21(33-2)18(26)13-17(20)19-15-31-7-6-16(12-24(31)27-19)29-8-10-30(11-9-29)23-5-3-4-22(25)28-23/h3-7,12-15H,8-11H2,1-2H3. The number of hydrogen-bond acceptors (Lipinski definition) is 6. The van der Waals surface area contributed by atoms with Crippen LogP contribution in [0.5, 0.6) is 11.5 Å². The van der Waals surface area contributed by atoms with Gasteiger partial charge in [0.25, 0.3) is 0 Å². The minimum absolute atomic E-state index is 0.517. The van der Waals surface area contributed by atoms with Crippen molar-refractivity contribution in [2.75, 3.05) is 50.2 Å². The Morgan fingerprint density at radius 3 is 2.39 bits per heavy atom. The number of anilines is 2. The molecule has 0 aliphatic carbocycles. The molecule has 0 unspecified atom stereocenters. The van der Waals surface area contributed by atoms with Crippen LogP contribution >= 0.6 is 27.5 Å². The Balaban J connectivity index is 1.38. The molecule has 170 valence electrons. The van der Waals surface area contributed by atoms with Crippen molar-refractivity contribution in [1.29, 1.82) is 0 Å². The van der Waals surface area contributed by atoms with E-state index in [0.717, 1.165) is 59.2 Å². The average molecular weight is 529 g/mol. The van der Waals surface area contributed by atoms with Gasteiger partial charge in [-0.05, 0) is 40.2 Å². The van der Waals surface area contributed by atoms with Gasteiger partial charge in [0.15, 0.2) is 0 Å². The number of aromatic nitrogens is 3. The molecule has 9 heteroatoms. The van der Waals surface area contributed by atoms with Gasteiger partial charge >= 0.3 is 0 Å². The number of nitrogens with zero attached hydrogens (tertiary/aromatic N) is 5. The average Bonchev–Trinajstić information content (AvgIpc) is 3.27. The van der Waals surface area contributed by atoms with Crippen molar-refractivity contribution < 1.29 is 9.47 Å². The van der Waals surface area contributed by atoms with Gasteiger partial charge in [-0.3, -0.25) is 0 Å². The lowest BCUT2D eigenvalue weighted by Gasteiger charge is -2.36. The Bertz CT molecular complexity index is 1300. The molecule has 4 heterocycles. The number of benzene rings is 1. The van der Waals surface area contributed by atoms with E-state index in [9.17, 15) is 0 Å². The normalized spacial score (nSPS) is 14.1. The molecule has 0 spiro atoms. The lowest BCUT2D eigenvalue weighted by atomic mass is 10.1. The van der Waals surface area contributed by atoms with Crippen molar-refractivity contribution >= 4 is 44.7 Å². The molecule has 3 aromatic heterocycles. The van der Waals surface area contributed by atoms with E-state index >= 15 is 0 Å². The van der Waals surface area contributed by atoms with Crippen molar-refractivity contribution in [3.8, 4) is 22.8 Å². The number of piperazine rings is 1. The first kappa shape index (κ1) is 21.9. The predicted octanol–water partition coefficient (Wildman–Crippen LogP) is 5.16. The number of hydrogen-bond donors (Lipinski definition) is 0. The fourth-order valence-corrected chi connectivity index (χ4v) is 4.70. The van der Waals surface area contributed by atoms with Gasteiger partial charge in [-0.15, -0.1) is 0 Å². The van der Waals surface area contributed by atoms with E-state index < -0.39 is 0 Å². The molecule has 1 fully saturated rings. The van der Waals surface area contributed by atoms with Gasteiger partial charge in [0.1, 0.15) is 27.6 Å². The topological polar surface area (TPSA) is 55.1 Å². The first-order valence-corrected chi connectivity index (χ1v) is 11.8. The van der Waals surface area contributed by atoms with Gasteiger partial charge in [-0.25, -0.2) is 9.97 Å². The van der Waals surface area contributed by atoms with Crippen molar-refractivity contribution in [2.45, 2.75) is 0 Å². The summed E-state index contributed by atoms with van der Waals surface area (Å²) in [5.41, 5.74) is 3.64. The summed E-state index contributed by atoms with van der Waals surface area (Å²) in [7, 11) is 3.21. The van der Waals surface area contributed by atoms with Gasteiger partial charge in [0, 0.05) is 62.0 Å². The van der Waals surface area contributed by atoms with Crippen molar-refractivity contribution in [3.05, 3.63) is 64.5 Å². The number of rotatable bonds is 5. The van der Waals surface area contributed by atoms with Crippen LogP contribution in [0.25, 0.3) is 16.9 Å². The maximum atomic E-state index is 6.37. The summed E-state index contributed by atoms with van der Waals surface area (Å²) >= 11 is 9.83. The summed E-state index contributed by atoms with van der Waals surface area (Å²) in [6, 6.07) is 13.9. The first-order chi connectivity index (χ1) is 16.1. The van der Waals surface area contributed by atoms with E-state index in [1.54, 1.807) is 20.3 Å². The molecular weight excluding hydrogens is 506 g/mol. The number of halogens is 2. The Morgan fingerprint density at radius 2 is 1.67 bits per heavy atom. The zero-order chi connectivity index (χ0) is 22.9. The van der Waals surface area contributed by atoms with Gasteiger partial charge in [-0.2, -0.15) is 0 Å². The fraction of sp³-hybridized carbons (Fsp3) is 0.250. The van der Waals surface area contributed by atoms with Crippen LogP contribution in [0.4, 0.5) is 11.5 Å². The molecule has 0 amide bonds. The van der Waals surface area contributed by atoms with Crippen LogP contribution in [0.3, 0.4) is 0 Å². The van der Waals surface area contributed by atoms with Gasteiger partial charge in [-0.1, -0.05) is 17.7 Å². The third-order valence-corrected chi connectivity index (χ3v) is 6.60. The summed E-state index contributed by atoms with van der Waals surface area (Å²) in [4.78, 5) is 14.1. The molecule has 5 rings (SSSR count). The molecule has 0 saturated carbocycles. The minimum Gasteiger partial charge on any atom is -0.496 e. The number of imidazole rings is 1. The highest BCUT2D eigenvalue weighted by Crippen LogP contribution is 2.38. The van der Waals surface area contributed by atoms with Crippen LogP contribution in [0.15, 0.2) is 59.5 Å². The third-order valence-electron chi connectivity index (χ3n) is 5.86. The molecule has 1 aliphatic heterocycles. The molecule has 0 atom stereocenters. The second-order valence-electron chi connectivity index (χ2n) is 7.76. The number of methoxy groups -OCH3 is 2.